The Labute approximate surface area is 719 Å². The van der Waals surface area contributed by atoms with Gasteiger partial charge < -0.3 is 128 Å². The molecule has 0 aliphatic carbocycles. The monoisotopic (exact) mass is 1750 g/mol. The molecule has 44 heteroatoms. The van der Waals surface area contributed by atoms with Gasteiger partial charge in [-0.15, -0.1) is 0 Å². The largest absolute Gasteiger partial charge is 0.508 e. The first-order valence-corrected chi connectivity index (χ1v) is 40.7. The SMILES string of the molecule is CC(=O)N[C@@H](Cc1ccc(O)cc1)C(=O)N[C@H](C(=O)N[C@H](C(=O)N[C@@H](CC(N)=O)C(=O)N1CCC[C@H]1C(=O)N[C@@H](CCCNC(=N)N)C(=O)N[C@@H](CCCCN)C(=O)N[C@@H](CC(C)C)C(=O)N[C@@H](Cc1ccc(O)cc1)C(=O)N[C@@H](CC(=O)O)C(=O)N[C@@H](Cc1ccc(O)cc1)C(=O)N[C@@H](CCCCNC(=O)CCN1C(=O)C=CC1=O)C(N)=O)[C@@H](C)O)[C@@H](C)O. The van der Waals surface area contributed by atoms with Crippen LogP contribution in [0.4, 0.5) is 0 Å². The highest BCUT2D eigenvalue weighted by Crippen LogP contribution is 2.23. The van der Waals surface area contributed by atoms with Crippen LogP contribution in [0.25, 0.3) is 0 Å². The smallest absolute Gasteiger partial charge is 0.305 e. The van der Waals surface area contributed by atoms with E-state index in [9.17, 15) is 117 Å². The van der Waals surface area contributed by atoms with Gasteiger partial charge in [-0.25, -0.2) is 0 Å². The van der Waals surface area contributed by atoms with Crippen LogP contribution >= 0.6 is 0 Å². The van der Waals surface area contributed by atoms with E-state index in [1.165, 1.54) is 72.8 Å². The molecule has 0 spiro atoms. The van der Waals surface area contributed by atoms with Crippen LogP contribution in [-0.4, -0.2) is 270 Å². The number of aromatic hydroxyl groups is 3. The number of rotatable bonds is 53. The van der Waals surface area contributed by atoms with Crippen molar-refractivity contribution in [2.24, 2.45) is 28.9 Å². The fourth-order valence-corrected chi connectivity index (χ4v) is 13.4. The van der Waals surface area contributed by atoms with Crippen molar-refractivity contribution < 1.29 is 117 Å². The number of nitrogens with two attached hydrogens (primary N) is 4. The number of guanidine groups is 1. The Kier molecular flexibility index (Phi) is 41.6. The van der Waals surface area contributed by atoms with Gasteiger partial charge in [-0.3, -0.25) is 96.6 Å². The number of carbonyl (C=O) groups excluding carboxylic acids is 17. The minimum absolute atomic E-state index is 0.00710. The number of hydrogen-bond acceptors (Lipinski definition) is 25. The summed E-state index contributed by atoms with van der Waals surface area (Å²) in [4.78, 5) is 248. The van der Waals surface area contributed by atoms with E-state index in [2.05, 4.69) is 69.1 Å². The molecule has 1 saturated heterocycles. The lowest BCUT2D eigenvalue weighted by atomic mass is 9.99. The fourth-order valence-electron chi connectivity index (χ4n) is 13.4. The highest BCUT2D eigenvalue weighted by Gasteiger charge is 2.43. The molecule has 0 unspecified atom stereocenters. The Hall–Kier alpha value is -13.4. The molecule has 2 heterocycles. The predicted octanol–water partition coefficient (Wildman–Crippen LogP) is -6.19. The molecule has 3 aromatic rings. The number of unbranched alkanes of at least 4 members (excludes halogenated alkanes) is 2. The summed E-state index contributed by atoms with van der Waals surface area (Å²) in [5.74, 6) is -19.5. The van der Waals surface area contributed by atoms with Crippen molar-refractivity contribution in [3.63, 3.8) is 0 Å². The number of aliphatic carboxylic acids is 1. The average molecular weight is 1750 g/mol. The molecule has 125 heavy (non-hydrogen) atoms. The van der Waals surface area contributed by atoms with Crippen LogP contribution in [0.1, 0.15) is 141 Å². The van der Waals surface area contributed by atoms with E-state index >= 15 is 0 Å². The molecule has 684 valence electrons. The van der Waals surface area contributed by atoms with Gasteiger partial charge in [0.2, 0.25) is 88.6 Å². The standard InChI is InChI=1S/C81H116N20O24/c1-42(2)36-55(72(117)94-58(39-48-20-26-51(107)27-21-48)74(119)96-59(41-66(112)113)75(120)95-57(38-47-18-24-50(106)25-19-47)73(118)90-52(69(84)114)12-7-9-32-87-63(109)30-35-101-64(110)28-29-65(101)111)93-71(116)53(13-6-8-31-82)91-70(115)54(14-10-33-88-81(85)86)92-77(122)61-15-11-34-100(61)80(125)60(40-62(83)108)97-78(123)67(43(3)102)99-79(124)68(44(4)103)98-76(121)56(89-45(5)104)37-46-16-22-49(105)23-17-46/h16-29,42-44,52-61,67-68,102-103,105-107H,6-15,30-41,82H2,1-5H3,(H2,83,108)(H2,84,114)(H,87,109)(H,89,104)(H,90,118)(H,91,115)(H,92,122)(H,93,116)(H,94,117)(H,95,120)(H,96,119)(H,97,123)(H,98,121)(H,99,124)(H,112,113)(H4,85,86,88)/t43-,44-,52+,53+,54+,55+,56+,57+,58+,59+,60+,61+,67+,68+/m1/s1. The number of imide groups is 1. The van der Waals surface area contributed by atoms with E-state index in [0.29, 0.717) is 17.5 Å². The van der Waals surface area contributed by atoms with Crippen LogP contribution < -0.4 is 92.1 Å². The van der Waals surface area contributed by atoms with Crippen LogP contribution in [0, 0.1) is 11.3 Å². The summed E-state index contributed by atoms with van der Waals surface area (Å²) in [7, 11) is 0. The minimum Gasteiger partial charge on any atom is -0.508 e. The van der Waals surface area contributed by atoms with E-state index in [4.69, 9.17) is 28.3 Å². The Morgan fingerprint density at radius 1 is 0.472 bits per heavy atom. The molecular formula is C81H116N20O24. The van der Waals surface area contributed by atoms with E-state index in [0.717, 1.165) is 42.7 Å². The summed E-state index contributed by atoms with van der Waals surface area (Å²) in [6.45, 7) is 6.45. The summed E-state index contributed by atoms with van der Waals surface area (Å²) < 4.78 is 0. The number of aliphatic hydroxyl groups excluding tert-OH is 2. The van der Waals surface area contributed by atoms with Crippen molar-refractivity contribution in [2.45, 2.75) is 228 Å². The first-order chi connectivity index (χ1) is 59.0. The van der Waals surface area contributed by atoms with E-state index in [1.54, 1.807) is 13.8 Å². The van der Waals surface area contributed by atoms with Gasteiger partial charge in [0.05, 0.1) is 25.0 Å². The molecular weight excluding hydrogens is 1640 g/mol. The van der Waals surface area contributed by atoms with E-state index < -0.39 is 222 Å². The van der Waals surface area contributed by atoms with Crippen molar-refractivity contribution in [2.75, 3.05) is 32.7 Å². The minimum atomic E-state index is -2.04. The zero-order valence-electron chi connectivity index (χ0n) is 70.0. The van der Waals surface area contributed by atoms with Crippen molar-refractivity contribution in [1.29, 1.82) is 5.41 Å². The number of carbonyl (C=O) groups is 18. The Bertz CT molecular complexity index is 4320. The number of phenolic OH excluding ortho intramolecular Hbond substituents is 3. The third-order valence-electron chi connectivity index (χ3n) is 20.0. The van der Waals surface area contributed by atoms with E-state index in [-0.39, 0.29) is 139 Å². The summed E-state index contributed by atoms with van der Waals surface area (Å²) in [6.07, 6.45) is -4.25. The Balaban J connectivity index is 1.36. The summed E-state index contributed by atoms with van der Waals surface area (Å²) in [6, 6.07) is -3.83. The lowest BCUT2D eigenvalue weighted by Gasteiger charge is -2.31. The third kappa shape index (κ3) is 35.2. The van der Waals surface area contributed by atoms with E-state index in [1.807, 2.05) is 0 Å². The van der Waals surface area contributed by atoms with Crippen molar-refractivity contribution in [1.82, 2.24) is 78.9 Å². The molecule has 44 nitrogen and oxygen atoms in total. The molecule has 0 radical (unpaired) electrons. The van der Waals surface area contributed by atoms with Crippen LogP contribution in [-0.2, 0) is 106 Å². The molecule has 0 aromatic heterocycles. The van der Waals surface area contributed by atoms with Gasteiger partial charge in [0.15, 0.2) is 5.96 Å². The molecule has 1 fully saturated rings. The second kappa shape index (κ2) is 50.9. The van der Waals surface area contributed by atoms with Gasteiger partial charge in [0, 0.05) is 70.9 Å². The molecule has 17 amide bonds. The zero-order valence-corrected chi connectivity index (χ0v) is 70.0. The lowest BCUT2D eigenvalue weighted by molar-refractivity contribution is -0.144. The highest BCUT2D eigenvalue weighted by atomic mass is 16.4. The normalized spacial score (nSPS) is 16.0. The van der Waals surface area contributed by atoms with Crippen molar-refractivity contribution >= 4 is 112 Å². The van der Waals surface area contributed by atoms with Crippen LogP contribution in [0.2, 0.25) is 0 Å². The van der Waals surface area contributed by atoms with Crippen LogP contribution in [0.3, 0.4) is 0 Å². The molecule has 14 atom stereocenters. The first-order valence-electron chi connectivity index (χ1n) is 40.7. The second-order valence-electron chi connectivity index (χ2n) is 30.8. The highest BCUT2D eigenvalue weighted by molar-refractivity contribution is 6.13. The maximum Gasteiger partial charge on any atom is 0.305 e. The Morgan fingerprint density at radius 2 is 0.872 bits per heavy atom. The average Bonchev–Trinajstić information content (AvgIpc) is 1.70. The molecule has 28 N–H and O–H groups in total. The number of likely N-dealkylation sites (tertiary alicyclic amines) is 1. The number of nitrogens with one attached hydrogen (secondary N) is 14. The van der Waals surface area contributed by atoms with Gasteiger partial charge in [-0.05, 0) is 150 Å². The zero-order chi connectivity index (χ0) is 92.9. The molecule has 0 bridgehead atoms. The second-order valence-corrected chi connectivity index (χ2v) is 30.8. The Morgan fingerprint density at radius 3 is 1.34 bits per heavy atom. The number of benzene rings is 3. The number of phenols is 3. The molecule has 2 aliphatic heterocycles. The number of carboxylic acids is 1. The number of amides is 17. The number of primary amides is 2. The molecule has 2 aliphatic rings. The number of hydrogen-bond donors (Lipinski definition) is 24. The molecule has 0 saturated carbocycles. The van der Waals surface area contributed by atoms with Gasteiger partial charge in [0.25, 0.3) is 11.8 Å². The van der Waals surface area contributed by atoms with Gasteiger partial charge in [0.1, 0.15) is 89.8 Å². The number of aliphatic hydroxyl groups is 2. The van der Waals surface area contributed by atoms with Crippen LogP contribution in [0.5, 0.6) is 17.2 Å². The fraction of sp³-hybridized carbons (Fsp3) is 0.519. The predicted molar refractivity (Wildman–Crippen MR) is 445 cm³/mol. The molecule has 3 aromatic carbocycles. The quantitative estimate of drug-likeness (QED) is 0.0108. The summed E-state index contributed by atoms with van der Waals surface area (Å²) in [5.41, 5.74) is 23.8. The van der Waals surface area contributed by atoms with Crippen LogP contribution in [0.15, 0.2) is 84.9 Å². The topological polar surface area (TPSA) is 719 Å². The summed E-state index contributed by atoms with van der Waals surface area (Å²) in [5, 5.41) is 102. The first kappa shape index (κ1) is 102. The van der Waals surface area contributed by atoms with Crippen molar-refractivity contribution in [3.8, 4) is 17.2 Å². The maximum absolute atomic E-state index is 14.9. The lowest BCUT2D eigenvalue weighted by Crippen LogP contribution is -2.63. The number of carboxylic acid groups (broad SMARTS) is 1. The maximum atomic E-state index is 14.9. The van der Waals surface area contributed by atoms with Gasteiger partial charge in [-0.1, -0.05) is 50.2 Å². The van der Waals surface area contributed by atoms with Crippen molar-refractivity contribution in [3.05, 3.63) is 102 Å². The number of nitrogens with zero attached hydrogens (tertiary/aromatic N) is 2. The van der Waals surface area contributed by atoms with Gasteiger partial charge in [-0.2, -0.15) is 0 Å². The van der Waals surface area contributed by atoms with Gasteiger partial charge >= 0.3 is 5.97 Å². The molecule has 5 rings (SSSR count). The summed E-state index contributed by atoms with van der Waals surface area (Å²) >= 11 is 0. The third-order valence-corrected chi connectivity index (χ3v) is 20.0.